The van der Waals surface area contributed by atoms with E-state index in [4.69, 9.17) is 14.2 Å². The van der Waals surface area contributed by atoms with E-state index in [1.165, 1.54) is 199 Å². The van der Waals surface area contributed by atoms with E-state index in [0.29, 0.717) is 19.3 Å². The molecule has 0 N–H and O–H groups in total. The molecule has 0 saturated carbocycles. The standard InChI is InChI=1S/C54H104O6/c1-5-7-9-11-13-14-15-16-24-27-30-34-37-41-45-52(55)58-48-51(60-54(57)47-43-39-32-12-10-8-6-2)49-59-53(56)46-42-38-35-31-28-25-22-20-18-17-19-21-23-26-29-33-36-40-44-50(3)4/h50-51H,5-49H2,1-4H3/t51-/m1/s1. The first kappa shape index (κ1) is 58.4. The second-order valence-corrected chi connectivity index (χ2v) is 19.0. The Labute approximate surface area is 374 Å². The van der Waals surface area contributed by atoms with E-state index >= 15 is 0 Å². The molecule has 6 nitrogen and oxygen atoms in total. The van der Waals surface area contributed by atoms with E-state index < -0.39 is 6.10 Å². The van der Waals surface area contributed by atoms with Gasteiger partial charge in [0.25, 0.3) is 0 Å². The fourth-order valence-corrected chi connectivity index (χ4v) is 8.22. The smallest absolute Gasteiger partial charge is 0.306 e. The van der Waals surface area contributed by atoms with Crippen molar-refractivity contribution < 1.29 is 28.6 Å². The number of hydrogen-bond donors (Lipinski definition) is 0. The molecule has 6 heteroatoms. The topological polar surface area (TPSA) is 78.9 Å². The molecule has 0 aliphatic heterocycles. The summed E-state index contributed by atoms with van der Waals surface area (Å²) in [6, 6.07) is 0. The highest BCUT2D eigenvalue weighted by atomic mass is 16.6. The maximum Gasteiger partial charge on any atom is 0.306 e. The summed E-state index contributed by atoms with van der Waals surface area (Å²) >= 11 is 0. The molecule has 356 valence electrons. The van der Waals surface area contributed by atoms with Gasteiger partial charge in [0.2, 0.25) is 0 Å². The molecule has 0 aliphatic carbocycles. The molecule has 0 amide bonds. The molecule has 60 heavy (non-hydrogen) atoms. The minimum Gasteiger partial charge on any atom is -0.462 e. The van der Waals surface area contributed by atoms with Crippen molar-refractivity contribution in [3.63, 3.8) is 0 Å². The normalized spacial score (nSPS) is 11.9. The molecular formula is C54H104O6. The molecule has 0 bridgehead atoms. The monoisotopic (exact) mass is 849 g/mol. The molecule has 1 atom stereocenters. The Morgan fingerprint density at radius 2 is 0.550 bits per heavy atom. The number of ether oxygens (including phenoxy) is 3. The number of esters is 3. The Balaban J connectivity index is 4.10. The number of rotatable bonds is 49. The highest BCUT2D eigenvalue weighted by molar-refractivity contribution is 5.71. The van der Waals surface area contributed by atoms with Gasteiger partial charge in [-0.3, -0.25) is 14.4 Å². The second-order valence-electron chi connectivity index (χ2n) is 19.0. The summed E-state index contributed by atoms with van der Waals surface area (Å²) in [5.74, 6) is 0.00989. The average Bonchev–Trinajstić information content (AvgIpc) is 3.23. The van der Waals surface area contributed by atoms with E-state index in [1.54, 1.807) is 0 Å². The zero-order chi connectivity index (χ0) is 43.8. The number of unbranched alkanes of at least 4 members (excludes halogenated alkanes) is 36. The van der Waals surface area contributed by atoms with E-state index in [9.17, 15) is 14.4 Å². The van der Waals surface area contributed by atoms with Crippen LogP contribution in [0.15, 0.2) is 0 Å². The number of carbonyl (C=O) groups is 3. The van der Waals surface area contributed by atoms with Crippen molar-refractivity contribution >= 4 is 17.9 Å². The zero-order valence-corrected chi connectivity index (χ0v) is 40.9. The van der Waals surface area contributed by atoms with Crippen LogP contribution in [0.1, 0.15) is 304 Å². The van der Waals surface area contributed by atoms with Gasteiger partial charge in [-0.15, -0.1) is 0 Å². The summed E-state index contributed by atoms with van der Waals surface area (Å²) in [6.45, 7) is 9.01. The lowest BCUT2D eigenvalue weighted by atomic mass is 10.0. The van der Waals surface area contributed by atoms with Gasteiger partial charge in [0, 0.05) is 19.3 Å². The molecule has 0 aliphatic rings. The molecule has 0 heterocycles. The van der Waals surface area contributed by atoms with Gasteiger partial charge >= 0.3 is 17.9 Å². The van der Waals surface area contributed by atoms with Crippen LogP contribution in [0.4, 0.5) is 0 Å². The molecule has 0 rings (SSSR count). The van der Waals surface area contributed by atoms with Crippen molar-refractivity contribution in [2.45, 2.75) is 310 Å². The summed E-state index contributed by atoms with van der Waals surface area (Å²) in [6.07, 6.45) is 51.1. The van der Waals surface area contributed by atoms with Gasteiger partial charge < -0.3 is 14.2 Å². The summed E-state index contributed by atoms with van der Waals surface area (Å²) in [7, 11) is 0. The predicted octanol–water partition coefficient (Wildman–Crippen LogP) is 17.5. The highest BCUT2D eigenvalue weighted by Gasteiger charge is 2.19. The van der Waals surface area contributed by atoms with Crippen LogP contribution in [0.25, 0.3) is 0 Å². The fraction of sp³-hybridized carbons (Fsp3) is 0.944. The predicted molar refractivity (Wildman–Crippen MR) is 257 cm³/mol. The molecule has 0 spiro atoms. The van der Waals surface area contributed by atoms with Crippen LogP contribution in [0.3, 0.4) is 0 Å². The van der Waals surface area contributed by atoms with Gasteiger partial charge in [-0.25, -0.2) is 0 Å². The summed E-state index contributed by atoms with van der Waals surface area (Å²) < 4.78 is 16.8. The quantitative estimate of drug-likeness (QED) is 0.0345. The fourth-order valence-electron chi connectivity index (χ4n) is 8.22. The average molecular weight is 849 g/mol. The first-order chi connectivity index (χ1) is 29.4. The molecule has 0 unspecified atom stereocenters. The minimum absolute atomic E-state index is 0.0631. The van der Waals surface area contributed by atoms with Crippen LogP contribution in [-0.2, 0) is 28.6 Å². The first-order valence-electron chi connectivity index (χ1n) is 26.9. The van der Waals surface area contributed by atoms with Crippen LogP contribution in [-0.4, -0.2) is 37.2 Å². The molecule has 0 aromatic rings. The van der Waals surface area contributed by atoms with Crippen molar-refractivity contribution in [1.82, 2.24) is 0 Å². The lowest BCUT2D eigenvalue weighted by Gasteiger charge is -2.18. The van der Waals surface area contributed by atoms with Gasteiger partial charge in [-0.1, -0.05) is 265 Å². The van der Waals surface area contributed by atoms with Crippen molar-refractivity contribution in [3.05, 3.63) is 0 Å². The molecule has 0 fully saturated rings. The maximum atomic E-state index is 12.7. The van der Waals surface area contributed by atoms with E-state index in [1.807, 2.05) is 0 Å². The summed E-state index contributed by atoms with van der Waals surface area (Å²) in [5, 5.41) is 0. The Kier molecular flexibility index (Phi) is 47.2. The highest BCUT2D eigenvalue weighted by Crippen LogP contribution is 2.17. The second kappa shape index (κ2) is 48.4. The third-order valence-corrected chi connectivity index (χ3v) is 12.3. The van der Waals surface area contributed by atoms with Crippen LogP contribution >= 0.6 is 0 Å². The lowest BCUT2D eigenvalue weighted by Crippen LogP contribution is -2.30. The Morgan fingerprint density at radius 3 is 0.817 bits per heavy atom. The largest absolute Gasteiger partial charge is 0.462 e. The number of hydrogen-bond acceptors (Lipinski definition) is 6. The lowest BCUT2D eigenvalue weighted by molar-refractivity contribution is -0.167. The SMILES string of the molecule is CCCCCCCCCCCCCCCCC(=O)OC[C@H](COC(=O)CCCCCCCCCCCCCCCCCCCCC(C)C)OC(=O)CCCCCCCCC. The van der Waals surface area contributed by atoms with E-state index in [2.05, 4.69) is 27.7 Å². The summed E-state index contributed by atoms with van der Waals surface area (Å²) in [5.41, 5.74) is 0. The van der Waals surface area contributed by atoms with Crippen LogP contribution in [0.5, 0.6) is 0 Å². The van der Waals surface area contributed by atoms with E-state index in [0.717, 1.165) is 63.7 Å². The first-order valence-corrected chi connectivity index (χ1v) is 26.9. The molecular weight excluding hydrogens is 745 g/mol. The zero-order valence-electron chi connectivity index (χ0n) is 40.9. The van der Waals surface area contributed by atoms with Crippen LogP contribution in [0, 0.1) is 5.92 Å². The van der Waals surface area contributed by atoms with Gasteiger partial charge in [-0.05, 0) is 25.2 Å². The molecule has 0 aromatic heterocycles. The molecule has 0 radical (unpaired) electrons. The number of carbonyl (C=O) groups excluding carboxylic acids is 3. The van der Waals surface area contributed by atoms with Crippen molar-refractivity contribution in [2.24, 2.45) is 5.92 Å². The minimum atomic E-state index is -0.759. The third kappa shape index (κ3) is 47.5. The van der Waals surface area contributed by atoms with Gasteiger partial charge in [-0.2, -0.15) is 0 Å². The van der Waals surface area contributed by atoms with Crippen molar-refractivity contribution in [3.8, 4) is 0 Å². The van der Waals surface area contributed by atoms with Crippen LogP contribution < -0.4 is 0 Å². The molecule has 0 saturated heterocycles. The Hall–Kier alpha value is -1.59. The summed E-state index contributed by atoms with van der Waals surface area (Å²) in [4.78, 5) is 37.8. The van der Waals surface area contributed by atoms with Gasteiger partial charge in [0.05, 0.1) is 0 Å². The van der Waals surface area contributed by atoms with Gasteiger partial charge in [0.15, 0.2) is 6.10 Å². The maximum absolute atomic E-state index is 12.7. The third-order valence-electron chi connectivity index (χ3n) is 12.3. The van der Waals surface area contributed by atoms with Crippen molar-refractivity contribution in [2.75, 3.05) is 13.2 Å². The van der Waals surface area contributed by atoms with Crippen molar-refractivity contribution in [1.29, 1.82) is 0 Å². The molecule has 0 aromatic carbocycles. The Morgan fingerprint density at radius 1 is 0.317 bits per heavy atom. The Bertz CT molecular complexity index is 903. The van der Waals surface area contributed by atoms with E-state index in [-0.39, 0.29) is 31.1 Å². The van der Waals surface area contributed by atoms with Crippen LogP contribution in [0.2, 0.25) is 0 Å². The van der Waals surface area contributed by atoms with Gasteiger partial charge in [0.1, 0.15) is 13.2 Å².